The first-order valence-electron chi connectivity index (χ1n) is 20.6. The Hall–Kier alpha value is -7.38. The molecule has 16 N–H and O–H groups in total. The van der Waals surface area contributed by atoms with Crippen LogP contribution in [-0.2, 0) is 59.2 Å². The molecule has 0 aliphatic heterocycles. The van der Waals surface area contributed by atoms with Crippen LogP contribution in [0.2, 0.25) is 0 Å². The van der Waals surface area contributed by atoms with Crippen LogP contribution in [0.1, 0.15) is 70.8 Å². The Balaban J connectivity index is 3.47. The molecule has 66 heavy (non-hydrogen) atoms. The van der Waals surface area contributed by atoms with E-state index >= 15 is 0 Å². The summed E-state index contributed by atoms with van der Waals surface area (Å²) >= 11 is 0. The number of carbonyl (C=O) groups excluding carboxylic acids is 7. The number of aliphatic carboxylic acids is 4. The van der Waals surface area contributed by atoms with Gasteiger partial charge in [0.25, 0.3) is 0 Å². The van der Waals surface area contributed by atoms with Gasteiger partial charge in [-0.2, -0.15) is 0 Å². The van der Waals surface area contributed by atoms with Gasteiger partial charge in [-0.05, 0) is 44.8 Å². The van der Waals surface area contributed by atoms with Gasteiger partial charge < -0.3 is 69.5 Å². The van der Waals surface area contributed by atoms with Crippen LogP contribution in [0.3, 0.4) is 0 Å². The van der Waals surface area contributed by atoms with E-state index in [1.165, 1.54) is 25.9 Å². The van der Waals surface area contributed by atoms with Crippen LogP contribution >= 0.6 is 0 Å². The van der Waals surface area contributed by atoms with Gasteiger partial charge in [0.15, 0.2) is 5.96 Å². The number of nitrogens with two attached hydrogens (primary N) is 3. The first-order chi connectivity index (χ1) is 30.9. The van der Waals surface area contributed by atoms with Crippen LogP contribution in [0.15, 0.2) is 35.3 Å². The summed E-state index contributed by atoms with van der Waals surface area (Å²) in [5.74, 6) is -14.7. The Morgan fingerprint density at radius 2 is 1.09 bits per heavy atom. The first-order valence-corrected chi connectivity index (χ1v) is 20.6. The monoisotopic (exact) mass is 935 g/mol. The lowest BCUT2D eigenvalue weighted by molar-refractivity contribution is -0.144. The highest BCUT2D eigenvalue weighted by atomic mass is 16.4. The predicted molar refractivity (Wildman–Crippen MR) is 231 cm³/mol. The summed E-state index contributed by atoms with van der Waals surface area (Å²) in [7, 11) is 2.97. The zero-order valence-electron chi connectivity index (χ0n) is 37.0. The third-order valence-corrected chi connectivity index (χ3v) is 9.89. The number of benzene rings is 1. The topological polar surface area (TPSA) is 435 Å². The van der Waals surface area contributed by atoms with Crippen molar-refractivity contribution in [2.75, 3.05) is 20.6 Å². The van der Waals surface area contributed by atoms with Gasteiger partial charge in [-0.1, -0.05) is 50.6 Å². The lowest BCUT2D eigenvalue weighted by atomic mass is 9.96. The van der Waals surface area contributed by atoms with Crippen molar-refractivity contribution in [2.24, 2.45) is 28.1 Å². The molecule has 8 atom stereocenters. The van der Waals surface area contributed by atoms with E-state index in [1.807, 2.05) is 0 Å². The maximum absolute atomic E-state index is 13.9. The molecule has 0 unspecified atom stereocenters. The summed E-state index contributed by atoms with van der Waals surface area (Å²) in [5.41, 5.74) is 16.4. The highest BCUT2D eigenvalue weighted by Crippen LogP contribution is 2.12. The molecule has 0 bridgehead atoms. The van der Waals surface area contributed by atoms with Gasteiger partial charge in [0.05, 0.1) is 25.3 Å². The number of hydrogen-bond donors (Lipinski definition) is 13. The fraction of sp³-hybridized carbons (Fsp3) is 0.550. The molecule has 0 saturated heterocycles. The minimum atomic E-state index is -1.95. The number of guanidine groups is 1. The molecular weight excluding hydrogens is 875 g/mol. The maximum atomic E-state index is 13.9. The minimum Gasteiger partial charge on any atom is -0.481 e. The molecule has 26 heteroatoms. The van der Waals surface area contributed by atoms with Gasteiger partial charge in [-0.3, -0.25) is 57.8 Å². The highest BCUT2D eigenvalue weighted by Gasteiger charge is 2.37. The lowest BCUT2D eigenvalue weighted by Gasteiger charge is -2.29. The Morgan fingerprint density at radius 3 is 1.56 bits per heavy atom. The molecule has 7 amide bonds. The average Bonchev–Trinajstić information content (AvgIpc) is 3.22. The van der Waals surface area contributed by atoms with E-state index in [-0.39, 0.29) is 38.2 Å². The van der Waals surface area contributed by atoms with Crippen molar-refractivity contribution in [1.82, 2.24) is 36.8 Å². The smallest absolute Gasteiger partial charge is 0.326 e. The number of likely N-dealkylation sites (N-methyl/N-ethyl adjacent to an activating group) is 1. The van der Waals surface area contributed by atoms with E-state index in [1.54, 1.807) is 37.3 Å². The third-order valence-electron chi connectivity index (χ3n) is 9.89. The van der Waals surface area contributed by atoms with Crippen LogP contribution in [0.5, 0.6) is 0 Å². The quantitative estimate of drug-likeness (QED) is 0.0191. The molecule has 0 heterocycles. The summed E-state index contributed by atoms with van der Waals surface area (Å²) in [6, 6.07) is -3.20. The number of rotatable bonds is 31. The van der Waals surface area contributed by atoms with Gasteiger partial charge in [0.1, 0.15) is 36.3 Å². The predicted octanol–water partition coefficient (Wildman–Crippen LogP) is -4.06. The molecule has 0 aromatic heterocycles. The molecule has 26 nitrogen and oxygen atoms in total. The number of carboxylic acid groups (broad SMARTS) is 4. The largest absolute Gasteiger partial charge is 0.481 e. The second-order valence-corrected chi connectivity index (χ2v) is 15.4. The lowest BCUT2D eigenvalue weighted by Crippen LogP contribution is -2.61. The number of carbonyl (C=O) groups is 11. The molecule has 1 aromatic rings. The van der Waals surface area contributed by atoms with E-state index < -0.39 is 146 Å². The van der Waals surface area contributed by atoms with Crippen LogP contribution in [0, 0.1) is 5.92 Å². The van der Waals surface area contributed by atoms with Gasteiger partial charge >= 0.3 is 23.9 Å². The van der Waals surface area contributed by atoms with Crippen LogP contribution in [0.4, 0.5) is 0 Å². The normalized spacial score (nSPS) is 14.5. The molecule has 0 saturated carbocycles. The summed E-state index contributed by atoms with van der Waals surface area (Å²) in [4.78, 5) is 146. The van der Waals surface area contributed by atoms with Crippen molar-refractivity contribution < 1.29 is 73.2 Å². The van der Waals surface area contributed by atoms with Gasteiger partial charge in [0, 0.05) is 19.4 Å². The molecule has 0 radical (unpaired) electrons. The van der Waals surface area contributed by atoms with E-state index in [0.29, 0.717) is 5.56 Å². The zero-order chi connectivity index (χ0) is 50.3. The number of carboxylic acids is 4. The van der Waals surface area contributed by atoms with E-state index in [9.17, 15) is 73.2 Å². The third kappa shape index (κ3) is 21.3. The average molecular weight is 936 g/mol. The van der Waals surface area contributed by atoms with E-state index in [0.717, 1.165) is 0 Å². The SMILES string of the molecule is CC[C@H](C)[C@H](NC(=O)[C@H](CCC(=O)O)NC(=O)[C@H](CC(=O)O)NC(=O)[C@H](Cc1ccccc1)NC(=O)[C@H](CC(N)=O)N(C)C)C(=O)N[C@@H](CC(=O)O)C(=O)N[C@@H](CCCN=C(N)N)C(=O)O. The molecule has 0 fully saturated rings. The molecule has 0 spiro atoms. The molecule has 1 aromatic carbocycles. The summed E-state index contributed by atoms with van der Waals surface area (Å²) < 4.78 is 0. The van der Waals surface area contributed by atoms with Crippen molar-refractivity contribution in [3.8, 4) is 0 Å². The van der Waals surface area contributed by atoms with E-state index in [4.69, 9.17) is 17.2 Å². The summed E-state index contributed by atoms with van der Waals surface area (Å²) in [6.07, 6.45) is -4.07. The van der Waals surface area contributed by atoms with Crippen molar-refractivity contribution in [3.05, 3.63) is 35.9 Å². The zero-order valence-corrected chi connectivity index (χ0v) is 37.0. The number of nitrogens with zero attached hydrogens (tertiary/aromatic N) is 2. The number of hydrogen-bond acceptors (Lipinski definition) is 13. The second kappa shape index (κ2) is 28.4. The second-order valence-electron chi connectivity index (χ2n) is 15.4. The van der Waals surface area contributed by atoms with Crippen molar-refractivity contribution in [1.29, 1.82) is 0 Å². The van der Waals surface area contributed by atoms with E-state index in [2.05, 4.69) is 36.9 Å². The molecule has 0 aliphatic carbocycles. The van der Waals surface area contributed by atoms with Crippen molar-refractivity contribution in [3.63, 3.8) is 0 Å². The fourth-order valence-corrected chi connectivity index (χ4v) is 6.13. The summed E-state index contributed by atoms with van der Waals surface area (Å²) in [5, 5.41) is 52.1. The van der Waals surface area contributed by atoms with Crippen LogP contribution < -0.4 is 49.1 Å². The number of aliphatic imine (C=N–C) groups is 1. The molecular formula is C40H61N11O15. The Kier molecular flexibility index (Phi) is 24.4. The highest BCUT2D eigenvalue weighted by molar-refractivity contribution is 5.99. The summed E-state index contributed by atoms with van der Waals surface area (Å²) in [6.45, 7) is 3.09. The number of primary amides is 1. The van der Waals surface area contributed by atoms with Crippen LogP contribution in [-0.4, -0.2) is 159 Å². The Morgan fingerprint density at radius 1 is 0.606 bits per heavy atom. The van der Waals surface area contributed by atoms with Gasteiger partial charge in [-0.25, -0.2) is 4.79 Å². The number of amides is 7. The van der Waals surface area contributed by atoms with Gasteiger partial charge in [-0.15, -0.1) is 0 Å². The molecule has 366 valence electrons. The number of nitrogens with one attached hydrogen (secondary N) is 6. The van der Waals surface area contributed by atoms with Crippen molar-refractivity contribution in [2.45, 2.75) is 114 Å². The molecule has 1 rings (SSSR count). The van der Waals surface area contributed by atoms with Gasteiger partial charge in [0.2, 0.25) is 41.4 Å². The standard InChI is InChI=1S/C40H61N11O15/c1-5-20(2)32(38(64)49-26(18-31(57)58)36(62)46-23(39(65)66)12-9-15-44-40(42)43)50-33(59)22(13-14-29(53)54)45-35(61)25(17-30(55)56)47-34(60)24(16-21-10-7-6-8-11-21)48-37(63)27(51(3)4)19-28(41)52/h6-8,10-11,20,22-27,32H,5,9,12-19H2,1-4H3,(H2,41,52)(H,45,61)(H,46,62)(H,47,60)(H,48,63)(H,49,64)(H,50,59)(H,53,54)(H,55,56)(H,57,58)(H,65,66)(H4,42,43,44)/t20-,22-,23-,24-,25-,26-,27-,32-/m0/s1. The van der Waals surface area contributed by atoms with Crippen LogP contribution in [0.25, 0.3) is 0 Å². The Labute approximate surface area is 379 Å². The molecule has 0 aliphatic rings. The minimum absolute atomic E-state index is 0.00361. The fourth-order valence-electron chi connectivity index (χ4n) is 6.13. The van der Waals surface area contributed by atoms with Crippen molar-refractivity contribution >= 4 is 71.2 Å². The first kappa shape index (κ1) is 56.6. The maximum Gasteiger partial charge on any atom is 0.326 e. The Bertz CT molecular complexity index is 1930.